The van der Waals surface area contributed by atoms with Gasteiger partial charge in [0.2, 0.25) is 5.92 Å². The SMILES string of the molecule is CC(=O)[C@@H]1CCC(F)(F)C1. The average Bonchev–Trinajstić information content (AvgIpc) is 2.10. The molecule has 1 aliphatic rings. The van der Waals surface area contributed by atoms with Crippen molar-refractivity contribution in [3.05, 3.63) is 0 Å². The second-order valence-electron chi connectivity index (χ2n) is 2.91. The Morgan fingerprint density at radius 3 is 2.40 bits per heavy atom. The molecular weight excluding hydrogens is 138 g/mol. The van der Waals surface area contributed by atoms with E-state index >= 15 is 0 Å². The molecule has 1 nitrogen and oxygen atoms in total. The summed E-state index contributed by atoms with van der Waals surface area (Å²) in [6.07, 6.45) is 0.0158. The van der Waals surface area contributed by atoms with Gasteiger partial charge in [0.05, 0.1) is 0 Å². The van der Waals surface area contributed by atoms with Gasteiger partial charge in [-0.05, 0) is 13.3 Å². The van der Waals surface area contributed by atoms with Gasteiger partial charge in [0.15, 0.2) is 0 Å². The number of hydrogen-bond acceptors (Lipinski definition) is 1. The summed E-state index contributed by atoms with van der Waals surface area (Å²) in [6, 6.07) is 0. The Morgan fingerprint density at radius 1 is 1.60 bits per heavy atom. The first-order valence-corrected chi connectivity index (χ1v) is 3.39. The van der Waals surface area contributed by atoms with Crippen molar-refractivity contribution in [2.45, 2.75) is 32.1 Å². The van der Waals surface area contributed by atoms with Crippen LogP contribution in [-0.2, 0) is 4.79 Å². The maximum Gasteiger partial charge on any atom is 0.248 e. The topological polar surface area (TPSA) is 17.1 Å². The average molecular weight is 148 g/mol. The number of ketones is 1. The zero-order valence-electron chi connectivity index (χ0n) is 5.86. The molecule has 1 aliphatic carbocycles. The molecule has 10 heavy (non-hydrogen) atoms. The van der Waals surface area contributed by atoms with Crippen LogP contribution in [0.25, 0.3) is 0 Å². The maximum atomic E-state index is 12.4. The van der Waals surface area contributed by atoms with E-state index in [9.17, 15) is 13.6 Å². The molecule has 0 aromatic rings. The Balaban J connectivity index is 2.51. The van der Waals surface area contributed by atoms with Crippen molar-refractivity contribution in [1.82, 2.24) is 0 Å². The van der Waals surface area contributed by atoms with Crippen LogP contribution in [0.15, 0.2) is 0 Å². The van der Waals surface area contributed by atoms with Gasteiger partial charge in [-0.25, -0.2) is 8.78 Å². The van der Waals surface area contributed by atoms with Crippen molar-refractivity contribution in [3.63, 3.8) is 0 Å². The Hall–Kier alpha value is -0.470. The molecule has 58 valence electrons. The van der Waals surface area contributed by atoms with E-state index in [4.69, 9.17) is 0 Å². The highest BCUT2D eigenvalue weighted by Crippen LogP contribution is 2.38. The smallest absolute Gasteiger partial charge is 0.248 e. The summed E-state index contributed by atoms with van der Waals surface area (Å²) in [7, 11) is 0. The lowest BCUT2D eigenvalue weighted by atomic mass is 10.0. The predicted octanol–water partition coefficient (Wildman–Crippen LogP) is 2.01. The molecule has 0 saturated heterocycles. The first kappa shape index (κ1) is 7.63. The molecule has 0 aromatic carbocycles. The summed E-state index contributed by atoms with van der Waals surface area (Å²) < 4.78 is 24.8. The third-order valence-corrected chi connectivity index (χ3v) is 1.98. The monoisotopic (exact) mass is 148 g/mol. The molecular formula is C7H10F2O. The van der Waals surface area contributed by atoms with Gasteiger partial charge in [0.25, 0.3) is 0 Å². The van der Waals surface area contributed by atoms with E-state index in [-0.39, 0.29) is 24.5 Å². The van der Waals surface area contributed by atoms with Gasteiger partial charge >= 0.3 is 0 Å². The van der Waals surface area contributed by atoms with Crippen LogP contribution in [0.5, 0.6) is 0 Å². The molecule has 1 atom stereocenters. The standard InChI is InChI=1S/C7H10F2O/c1-5(10)6-2-3-7(8,9)4-6/h6H,2-4H2,1H3/t6-/m1/s1. The van der Waals surface area contributed by atoms with Crippen molar-refractivity contribution in [3.8, 4) is 0 Å². The van der Waals surface area contributed by atoms with E-state index in [1.807, 2.05) is 0 Å². The summed E-state index contributed by atoms with van der Waals surface area (Å²) in [4.78, 5) is 10.6. The fourth-order valence-corrected chi connectivity index (χ4v) is 1.30. The van der Waals surface area contributed by atoms with Crippen LogP contribution in [0, 0.1) is 5.92 Å². The fourth-order valence-electron chi connectivity index (χ4n) is 1.30. The molecule has 0 aliphatic heterocycles. The molecule has 3 heteroatoms. The molecule has 1 fully saturated rings. The van der Waals surface area contributed by atoms with Crippen LogP contribution < -0.4 is 0 Å². The summed E-state index contributed by atoms with van der Waals surface area (Å²) in [5, 5.41) is 0. The molecule has 1 saturated carbocycles. The molecule has 0 radical (unpaired) electrons. The summed E-state index contributed by atoms with van der Waals surface area (Å²) >= 11 is 0. The number of carbonyl (C=O) groups is 1. The molecule has 0 amide bonds. The molecule has 0 spiro atoms. The number of rotatable bonds is 1. The quantitative estimate of drug-likeness (QED) is 0.556. The first-order valence-electron chi connectivity index (χ1n) is 3.39. The van der Waals surface area contributed by atoms with Crippen LogP contribution in [0.3, 0.4) is 0 Å². The van der Waals surface area contributed by atoms with Gasteiger partial charge in [-0.1, -0.05) is 0 Å². The van der Waals surface area contributed by atoms with Crippen LogP contribution in [0.4, 0.5) is 8.78 Å². The lowest BCUT2D eigenvalue weighted by Gasteiger charge is -2.06. The number of Topliss-reactive ketones (excluding diaryl/α,β-unsaturated/α-hetero) is 1. The van der Waals surface area contributed by atoms with E-state index in [1.54, 1.807) is 0 Å². The van der Waals surface area contributed by atoms with Crippen LogP contribution in [0.2, 0.25) is 0 Å². The van der Waals surface area contributed by atoms with E-state index < -0.39 is 5.92 Å². The van der Waals surface area contributed by atoms with E-state index in [0.717, 1.165) is 0 Å². The minimum Gasteiger partial charge on any atom is -0.300 e. The van der Waals surface area contributed by atoms with Gasteiger partial charge in [-0.15, -0.1) is 0 Å². The Labute approximate surface area is 58.4 Å². The third kappa shape index (κ3) is 1.52. The number of carbonyl (C=O) groups excluding carboxylic acids is 1. The van der Waals surface area contributed by atoms with Gasteiger partial charge in [-0.3, -0.25) is 4.79 Å². The van der Waals surface area contributed by atoms with Gasteiger partial charge < -0.3 is 0 Å². The highest BCUT2D eigenvalue weighted by atomic mass is 19.3. The third-order valence-electron chi connectivity index (χ3n) is 1.98. The van der Waals surface area contributed by atoms with Gasteiger partial charge in [0.1, 0.15) is 5.78 Å². The summed E-state index contributed by atoms with van der Waals surface area (Å²) in [5.74, 6) is -3.05. The summed E-state index contributed by atoms with van der Waals surface area (Å²) in [6.45, 7) is 1.38. The van der Waals surface area contributed by atoms with Crippen molar-refractivity contribution < 1.29 is 13.6 Å². The second kappa shape index (κ2) is 2.29. The number of hydrogen-bond donors (Lipinski definition) is 0. The molecule has 0 heterocycles. The molecule has 0 bridgehead atoms. The number of alkyl halides is 2. The van der Waals surface area contributed by atoms with Crippen LogP contribution >= 0.6 is 0 Å². The zero-order valence-corrected chi connectivity index (χ0v) is 5.86. The minimum absolute atomic E-state index is 0.0998. The van der Waals surface area contributed by atoms with Crippen molar-refractivity contribution >= 4 is 5.78 Å². The van der Waals surface area contributed by atoms with Crippen LogP contribution in [-0.4, -0.2) is 11.7 Å². The van der Waals surface area contributed by atoms with Crippen LogP contribution in [0.1, 0.15) is 26.2 Å². The minimum atomic E-state index is -2.57. The molecule has 0 N–H and O–H groups in total. The van der Waals surface area contributed by atoms with Gasteiger partial charge in [-0.2, -0.15) is 0 Å². The van der Waals surface area contributed by atoms with Crippen molar-refractivity contribution in [2.24, 2.45) is 5.92 Å². The zero-order chi connectivity index (χ0) is 7.78. The Morgan fingerprint density at radius 2 is 2.20 bits per heavy atom. The second-order valence-corrected chi connectivity index (χ2v) is 2.91. The molecule has 0 aromatic heterocycles. The van der Waals surface area contributed by atoms with E-state index in [1.165, 1.54) is 6.92 Å². The predicted molar refractivity (Wildman–Crippen MR) is 33.0 cm³/mol. The molecule has 1 rings (SSSR count). The van der Waals surface area contributed by atoms with E-state index in [0.29, 0.717) is 6.42 Å². The lowest BCUT2D eigenvalue weighted by Crippen LogP contribution is -2.12. The normalized spacial score (nSPS) is 30.5. The Bertz CT molecular complexity index is 154. The number of halogens is 2. The summed E-state index contributed by atoms with van der Waals surface area (Å²) in [5.41, 5.74) is 0. The molecule has 0 unspecified atom stereocenters. The maximum absolute atomic E-state index is 12.4. The van der Waals surface area contributed by atoms with Gasteiger partial charge in [0, 0.05) is 18.8 Å². The highest BCUT2D eigenvalue weighted by Gasteiger charge is 2.40. The highest BCUT2D eigenvalue weighted by molar-refractivity contribution is 5.78. The van der Waals surface area contributed by atoms with E-state index in [2.05, 4.69) is 0 Å². The van der Waals surface area contributed by atoms with Crippen molar-refractivity contribution in [1.29, 1.82) is 0 Å². The van der Waals surface area contributed by atoms with Crippen molar-refractivity contribution in [2.75, 3.05) is 0 Å². The lowest BCUT2D eigenvalue weighted by molar-refractivity contribution is -0.121. The first-order chi connectivity index (χ1) is 4.51. The largest absolute Gasteiger partial charge is 0.300 e. The Kier molecular flexibility index (Phi) is 1.75. The fraction of sp³-hybridized carbons (Fsp3) is 0.857.